The molecule has 0 saturated carbocycles. The first kappa shape index (κ1) is 43.8. The second kappa shape index (κ2) is 26.2. The van der Waals surface area contributed by atoms with Crippen molar-refractivity contribution in [2.24, 2.45) is 0 Å². The van der Waals surface area contributed by atoms with Crippen molar-refractivity contribution in [3.63, 3.8) is 0 Å². The number of anilines is 1. The molecule has 0 aliphatic carbocycles. The number of nitrogens with zero attached hydrogens (tertiary/aromatic N) is 1. The van der Waals surface area contributed by atoms with Gasteiger partial charge in [-0.2, -0.15) is 0 Å². The maximum absolute atomic E-state index is 13.2. The van der Waals surface area contributed by atoms with Crippen LogP contribution in [0.5, 0.6) is 0 Å². The summed E-state index contributed by atoms with van der Waals surface area (Å²) in [7, 11) is 0. The highest BCUT2D eigenvalue weighted by Crippen LogP contribution is 2.32. The van der Waals surface area contributed by atoms with E-state index in [2.05, 4.69) is 17.6 Å². The third-order valence-electron chi connectivity index (χ3n) is 9.78. The molecular formula is C41H63N3O9. The SMILES string of the molecule is CCCCCCCCCCCCCCCCCC(=O)OCCOCCOCCCCCC(=O)Nc1cccc2c1C(=O)N(C1CCC(=O)NC1=O)C2=O. The second-order valence-electron chi connectivity index (χ2n) is 14.2. The van der Waals surface area contributed by atoms with Gasteiger partial charge in [-0.25, -0.2) is 0 Å². The first-order valence-corrected chi connectivity index (χ1v) is 20.3. The zero-order chi connectivity index (χ0) is 38.1. The number of fused-ring (bicyclic) bond motifs is 1. The number of ether oxygens (including phenoxy) is 3. The molecular weight excluding hydrogens is 678 g/mol. The highest BCUT2D eigenvalue weighted by Gasteiger charge is 2.45. The average molecular weight is 742 g/mol. The maximum Gasteiger partial charge on any atom is 0.305 e. The van der Waals surface area contributed by atoms with Crippen LogP contribution in [0.4, 0.5) is 5.69 Å². The van der Waals surface area contributed by atoms with Crippen molar-refractivity contribution < 1.29 is 43.0 Å². The quantitative estimate of drug-likeness (QED) is 0.0465. The van der Waals surface area contributed by atoms with Crippen LogP contribution in [0.1, 0.15) is 169 Å². The molecule has 53 heavy (non-hydrogen) atoms. The summed E-state index contributed by atoms with van der Waals surface area (Å²) in [5.41, 5.74) is 0.393. The molecule has 296 valence electrons. The van der Waals surface area contributed by atoms with E-state index in [1.807, 2.05) is 0 Å². The van der Waals surface area contributed by atoms with Gasteiger partial charge in [-0.1, -0.05) is 109 Å². The number of imide groups is 2. The Morgan fingerprint density at radius 1 is 0.698 bits per heavy atom. The van der Waals surface area contributed by atoms with Crippen LogP contribution in [0.25, 0.3) is 0 Å². The molecule has 0 spiro atoms. The van der Waals surface area contributed by atoms with Crippen molar-refractivity contribution in [3.8, 4) is 0 Å². The molecule has 2 heterocycles. The summed E-state index contributed by atoms with van der Waals surface area (Å²) in [6.07, 6.45) is 22.3. The summed E-state index contributed by atoms with van der Waals surface area (Å²) in [6.45, 7) is 4.20. The Bertz CT molecular complexity index is 1320. The summed E-state index contributed by atoms with van der Waals surface area (Å²) < 4.78 is 16.3. The lowest BCUT2D eigenvalue weighted by molar-refractivity contribution is -0.145. The van der Waals surface area contributed by atoms with Gasteiger partial charge >= 0.3 is 5.97 Å². The van der Waals surface area contributed by atoms with Crippen LogP contribution in [0.2, 0.25) is 0 Å². The Balaban J connectivity index is 1.10. The van der Waals surface area contributed by atoms with Gasteiger partial charge in [0, 0.05) is 25.9 Å². The lowest BCUT2D eigenvalue weighted by Crippen LogP contribution is -2.54. The predicted molar refractivity (Wildman–Crippen MR) is 202 cm³/mol. The first-order chi connectivity index (χ1) is 25.8. The summed E-state index contributed by atoms with van der Waals surface area (Å²) in [5.74, 6) is -2.86. The van der Waals surface area contributed by atoms with E-state index in [4.69, 9.17) is 14.2 Å². The number of carbonyl (C=O) groups excluding carboxylic acids is 6. The molecule has 0 bridgehead atoms. The fourth-order valence-electron chi connectivity index (χ4n) is 6.75. The second-order valence-corrected chi connectivity index (χ2v) is 14.2. The van der Waals surface area contributed by atoms with Gasteiger partial charge in [0.15, 0.2) is 0 Å². The van der Waals surface area contributed by atoms with Crippen LogP contribution in [0.15, 0.2) is 18.2 Å². The Morgan fingerprint density at radius 3 is 1.91 bits per heavy atom. The topological polar surface area (TPSA) is 157 Å². The van der Waals surface area contributed by atoms with Crippen LogP contribution in [-0.2, 0) is 33.4 Å². The van der Waals surface area contributed by atoms with E-state index in [1.165, 1.54) is 89.5 Å². The van der Waals surface area contributed by atoms with Crippen LogP contribution in [-0.4, -0.2) is 79.5 Å². The zero-order valence-electron chi connectivity index (χ0n) is 32.0. The van der Waals surface area contributed by atoms with Crippen LogP contribution < -0.4 is 10.6 Å². The van der Waals surface area contributed by atoms with E-state index in [9.17, 15) is 28.8 Å². The molecule has 3 rings (SSSR count). The largest absolute Gasteiger partial charge is 0.463 e. The number of unbranched alkanes of at least 4 members (excludes halogenated alkanes) is 16. The fourth-order valence-corrected chi connectivity index (χ4v) is 6.75. The Morgan fingerprint density at radius 2 is 1.26 bits per heavy atom. The predicted octanol–water partition coefficient (Wildman–Crippen LogP) is 7.42. The normalized spacial score (nSPS) is 15.5. The Kier molecular flexibility index (Phi) is 21.6. The first-order valence-electron chi connectivity index (χ1n) is 20.3. The number of nitrogens with one attached hydrogen (secondary N) is 2. The molecule has 1 aromatic rings. The van der Waals surface area contributed by atoms with Gasteiger partial charge in [-0.3, -0.25) is 39.0 Å². The maximum atomic E-state index is 13.2. The van der Waals surface area contributed by atoms with Crippen LogP contribution in [0.3, 0.4) is 0 Å². The van der Waals surface area contributed by atoms with Crippen molar-refractivity contribution in [2.45, 2.75) is 154 Å². The molecule has 12 heteroatoms. The molecule has 2 N–H and O–H groups in total. The highest BCUT2D eigenvalue weighted by atomic mass is 16.6. The molecule has 2 aliphatic heterocycles. The number of hydrogen-bond donors (Lipinski definition) is 2. The summed E-state index contributed by atoms with van der Waals surface area (Å²) in [6, 6.07) is 3.54. The average Bonchev–Trinajstić information content (AvgIpc) is 3.39. The van der Waals surface area contributed by atoms with Gasteiger partial charge < -0.3 is 19.5 Å². The molecule has 0 radical (unpaired) electrons. The number of hydrogen-bond acceptors (Lipinski definition) is 9. The zero-order valence-corrected chi connectivity index (χ0v) is 32.0. The minimum atomic E-state index is -1.07. The van der Waals surface area contributed by atoms with E-state index in [0.717, 1.165) is 30.6 Å². The lowest BCUT2D eigenvalue weighted by Gasteiger charge is -2.27. The van der Waals surface area contributed by atoms with E-state index in [1.54, 1.807) is 12.1 Å². The molecule has 1 unspecified atom stereocenters. The number of esters is 1. The Hall–Kier alpha value is -3.64. The van der Waals surface area contributed by atoms with Gasteiger partial charge in [0.2, 0.25) is 17.7 Å². The molecule has 1 atom stereocenters. The monoisotopic (exact) mass is 741 g/mol. The van der Waals surface area contributed by atoms with Crippen molar-refractivity contribution in [1.82, 2.24) is 10.2 Å². The van der Waals surface area contributed by atoms with Crippen molar-refractivity contribution in [3.05, 3.63) is 29.3 Å². The molecule has 5 amide bonds. The number of amides is 5. The Labute approximate surface area is 315 Å². The molecule has 1 aromatic carbocycles. The standard InChI is InChI=1S/C41H63N3O9/c1-2-3-4-5-6-7-8-9-10-11-12-13-14-15-18-24-37(47)53-31-30-52-29-28-51-27-19-16-17-23-35(45)42-33-22-20-21-32-38(33)41(50)44(40(32)49)34-25-26-36(46)43-39(34)48/h20-22,34H,2-19,23-31H2,1H3,(H,42,45)(H,43,46,48). The van der Waals surface area contributed by atoms with Gasteiger partial charge in [0.25, 0.3) is 11.8 Å². The van der Waals surface area contributed by atoms with E-state index < -0.39 is 29.7 Å². The molecule has 1 fully saturated rings. The lowest BCUT2D eigenvalue weighted by atomic mass is 10.0. The molecule has 2 aliphatic rings. The summed E-state index contributed by atoms with van der Waals surface area (Å²) in [4.78, 5) is 75.5. The van der Waals surface area contributed by atoms with Crippen molar-refractivity contribution >= 4 is 41.2 Å². The van der Waals surface area contributed by atoms with E-state index >= 15 is 0 Å². The third kappa shape index (κ3) is 16.5. The number of piperidine rings is 1. The van der Waals surface area contributed by atoms with Crippen molar-refractivity contribution in [1.29, 1.82) is 0 Å². The molecule has 12 nitrogen and oxygen atoms in total. The van der Waals surface area contributed by atoms with Gasteiger partial charge in [-0.05, 0) is 37.8 Å². The van der Waals surface area contributed by atoms with Gasteiger partial charge in [-0.15, -0.1) is 0 Å². The van der Waals surface area contributed by atoms with Crippen LogP contribution >= 0.6 is 0 Å². The number of carbonyl (C=O) groups is 6. The summed E-state index contributed by atoms with van der Waals surface area (Å²) in [5, 5.41) is 4.91. The number of benzene rings is 1. The van der Waals surface area contributed by atoms with Gasteiger partial charge in [0.05, 0.1) is 36.6 Å². The highest BCUT2D eigenvalue weighted by molar-refractivity contribution is 6.26. The fraction of sp³-hybridized carbons (Fsp3) is 0.707. The third-order valence-corrected chi connectivity index (χ3v) is 9.78. The van der Waals surface area contributed by atoms with E-state index in [0.29, 0.717) is 39.3 Å². The van der Waals surface area contributed by atoms with Gasteiger partial charge in [0.1, 0.15) is 12.6 Å². The minimum absolute atomic E-state index is 0.0322. The molecule has 1 saturated heterocycles. The smallest absolute Gasteiger partial charge is 0.305 e. The number of rotatable bonds is 30. The van der Waals surface area contributed by atoms with Crippen LogP contribution in [0, 0.1) is 0 Å². The van der Waals surface area contributed by atoms with Crippen molar-refractivity contribution in [2.75, 3.05) is 38.4 Å². The minimum Gasteiger partial charge on any atom is -0.463 e. The molecule has 0 aromatic heterocycles. The van der Waals surface area contributed by atoms with E-state index in [-0.39, 0.29) is 54.6 Å². The summed E-state index contributed by atoms with van der Waals surface area (Å²) >= 11 is 0.